The molecule has 2 aromatic rings. The molecule has 1 unspecified atom stereocenters. The Balaban J connectivity index is 1.73. The summed E-state index contributed by atoms with van der Waals surface area (Å²) in [6.45, 7) is 3.16. The van der Waals surface area contributed by atoms with E-state index in [0.29, 0.717) is 6.04 Å². The average molecular weight is 270 g/mol. The van der Waals surface area contributed by atoms with E-state index in [1.165, 1.54) is 5.56 Å². The van der Waals surface area contributed by atoms with Crippen molar-refractivity contribution in [3.05, 3.63) is 59.9 Å². The number of pyridine rings is 1. The molecule has 0 aliphatic heterocycles. The summed E-state index contributed by atoms with van der Waals surface area (Å²) in [5.41, 5.74) is 2.46. The molecule has 0 aliphatic rings. The van der Waals surface area contributed by atoms with E-state index < -0.39 is 0 Å². The zero-order valence-electron chi connectivity index (χ0n) is 12.2. The van der Waals surface area contributed by atoms with Crippen molar-refractivity contribution in [3.8, 4) is 5.75 Å². The molecule has 0 saturated carbocycles. The van der Waals surface area contributed by atoms with E-state index in [4.69, 9.17) is 4.74 Å². The van der Waals surface area contributed by atoms with Gasteiger partial charge < -0.3 is 10.1 Å². The molecule has 2 rings (SSSR count). The van der Waals surface area contributed by atoms with Gasteiger partial charge in [-0.05, 0) is 43.2 Å². The minimum atomic E-state index is 0.451. The van der Waals surface area contributed by atoms with Gasteiger partial charge in [-0.3, -0.25) is 4.98 Å². The zero-order valence-corrected chi connectivity index (χ0v) is 12.2. The van der Waals surface area contributed by atoms with Crippen LogP contribution in [0.4, 0.5) is 0 Å². The van der Waals surface area contributed by atoms with Crippen LogP contribution in [0.15, 0.2) is 48.7 Å². The molecule has 1 atom stereocenters. The lowest BCUT2D eigenvalue weighted by Gasteiger charge is -2.14. The Hall–Kier alpha value is -1.87. The highest BCUT2D eigenvalue weighted by molar-refractivity contribution is 5.27. The highest BCUT2D eigenvalue weighted by atomic mass is 16.5. The molecule has 0 spiro atoms. The van der Waals surface area contributed by atoms with Crippen LogP contribution in [0.3, 0.4) is 0 Å². The number of hydrogen-bond acceptors (Lipinski definition) is 3. The molecule has 0 radical (unpaired) electrons. The van der Waals surface area contributed by atoms with Crippen LogP contribution in [0.1, 0.15) is 18.2 Å². The molecule has 0 saturated heterocycles. The summed E-state index contributed by atoms with van der Waals surface area (Å²) in [6, 6.07) is 14.8. The normalized spacial score (nSPS) is 12.1. The van der Waals surface area contributed by atoms with Crippen molar-refractivity contribution >= 4 is 0 Å². The number of nitrogens with one attached hydrogen (secondary N) is 1. The molecule has 0 aliphatic carbocycles. The largest absolute Gasteiger partial charge is 0.497 e. The van der Waals surface area contributed by atoms with Gasteiger partial charge in [-0.1, -0.05) is 18.2 Å². The molecule has 3 heteroatoms. The summed E-state index contributed by atoms with van der Waals surface area (Å²) in [5.74, 6) is 0.907. The first-order valence-corrected chi connectivity index (χ1v) is 7.04. The van der Waals surface area contributed by atoms with E-state index in [-0.39, 0.29) is 0 Å². The van der Waals surface area contributed by atoms with Crippen molar-refractivity contribution < 1.29 is 4.74 Å². The first-order valence-electron chi connectivity index (χ1n) is 7.04. The second kappa shape index (κ2) is 7.65. The maximum Gasteiger partial charge on any atom is 0.118 e. The van der Waals surface area contributed by atoms with Crippen LogP contribution in [0, 0.1) is 0 Å². The van der Waals surface area contributed by atoms with Gasteiger partial charge in [-0.2, -0.15) is 0 Å². The second-order valence-electron chi connectivity index (χ2n) is 4.98. The summed E-state index contributed by atoms with van der Waals surface area (Å²) < 4.78 is 5.17. The van der Waals surface area contributed by atoms with Gasteiger partial charge in [0.05, 0.1) is 7.11 Å². The molecule has 106 valence electrons. The minimum absolute atomic E-state index is 0.451. The Bertz CT molecular complexity index is 496. The summed E-state index contributed by atoms with van der Waals surface area (Å²) in [6.07, 6.45) is 3.83. The van der Waals surface area contributed by atoms with Crippen LogP contribution < -0.4 is 10.1 Å². The van der Waals surface area contributed by atoms with E-state index in [2.05, 4.69) is 35.4 Å². The van der Waals surface area contributed by atoms with Gasteiger partial charge in [0.2, 0.25) is 0 Å². The fourth-order valence-electron chi connectivity index (χ4n) is 2.18. The highest BCUT2D eigenvalue weighted by Gasteiger charge is 2.03. The van der Waals surface area contributed by atoms with Crippen molar-refractivity contribution in [2.45, 2.75) is 25.8 Å². The first kappa shape index (κ1) is 14.5. The van der Waals surface area contributed by atoms with Crippen LogP contribution in [0.5, 0.6) is 5.75 Å². The molecule has 0 fully saturated rings. The third-order valence-electron chi connectivity index (χ3n) is 3.30. The Kier molecular flexibility index (Phi) is 5.56. The number of rotatable bonds is 7. The maximum absolute atomic E-state index is 5.17. The number of benzene rings is 1. The van der Waals surface area contributed by atoms with Crippen LogP contribution in [-0.2, 0) is 12.8 Å². The molecular formula is C17H22N2O. The number of ether oxygens (including phenoxy) is 1. The van der Waals surface area contributed by atoms with Crippen LogP contribution >= 0.6 is 0 Å². The summed E-state index contributed by atoms with van der Waals surface area (Å²) in [5, 5.41) is 3.54. The average Bonchev–Trinajstić information content (AvgIpc) is 2.49. The van der Waals surface area contributed by atoms with Gasteiger partial charge in [0.1, 0.15) is 5.75 Å². The Labute approximate surface area is 121 Å². The number of methoxy groups -OCH3 is 1. The van der Waals surface area contributed by atoms with Crippen molar-refractivity contribution in [2.75, 3.05) is 13.7 Å². The van der Waals surface area contributed by atoms with Crippen LogP contribution in [0.2, 0.25) is 0 Å². The molecule has 1 aromatic carbocycles. The predicted octanol–water partition coefficient (Wildman–Crippen LogP) is 2.85. The van der Waals surface area contributed by atoms with E-state index in [1.54, 1.807) is 7.11 Å². The Morgan fingerprint density at radius 2 is 1.95 bits per heavy atom. The van der Waals surface area contributed by atoms with Crippen molar-refractivity contribution in [2.24, 2.45) is 0 Å². The fraction of sp³-hybridized carbons (Fsp3) is 0.353. The van der Waals surface area contributed by atoms with Gasteiger partial charge in [0.25, 0.3) is 0 Å². The van der Waals surface area contributed by atoms with Crippen LogP contribution in [0.25, 0.3) is 0 Å². The lowest BCUT2D eigenvalue weighted by atomic mass is 10.1. The summed E-state index contributed by atoms with van der Waals surface area (Å²) in [4.78, 5) is 4.32. The number of aromatic nitrogens is 1. The van der Waals surface area contributed by atoms with Gasteiger partial charge in [-0.25, -0.2) is 0 Å². The smallest absolute Gasteiger partial charge is 0.118 e. The minimum Gasteiger partial charge on any atom is -0.497 e. The summed E-state index contributed by atoms with van der Waals surface area (Å²) >= 11 is 0. The maximum atomic E-state index is 5.17. The molecular weight excluding hydrogens is 248 g/mol. The molecule has 0 bridgehead atoms. The van der Waals surface area contributed by atoms with Gasteiger partial charge in [0.15, 0.2) is 0 Å². The van der Waals surface area contributed by atoms with E-state index in [1.807, 2.05) is 30.5 Å². The number of nitrogens with zero attached hydrogens (tertiary/aromatic N) is 1. The predicted molar refractivity (Wildman–Crippen MR) is 82.1 cm³/mol. The molecule has 1 heterocycles. The standard InChI is InChI=1S/C17H22N2O/c1-14(13-15-6-8-17(20-2)9-7-15)18-12-10-16-5-3-4-11-19-16/h3-9,11,14,18H,10,12-13H2,1-2H3. The lowest BCUT2D eigenvalue weighted by molar-refractivity contribution is 0.414. The fourth-order valence-corrected chi connectivity index (χ4v) is 2.18. The lowest BCUT2D eigenvalue weighted by Crippen LogP contribution is -2.30. The van der Waals surface area contributed by atoms with Gasteiger partial charge >= 0.3 is 0 Å². The van der Waals surface area contributed by atoms with Crippen molar-refractivity contribution in [1.82, 2.24) is 10.3 Å². The zero-order chi connectivity index (χ0) is 14.2. The van der Waals surface area contributed by atoms with E-state index >= 15 is 0 Å². The van der Waals surface area contributed by atoms with Gasteiger partial charge in [-0.15, -0.1) is 0 Å². The third kappa shape index (κ3) is 4.67. The number of hydrogen-bond donors (Lipinski definition) is 1. The van der Waals surface area contributed by atoms with Gasteiger partial charge in [0, 0.05) is 30.9 Å². The van der Waals surface area contributed by atoms with E-state index in [0.717, 1.165) is 30.8 Å². The van der Waals surface area contributed by atoms with E-state index in [9.17, 15) is 0 Å². The molecule has 3 nitrogen and oxygen atoms in total. The first-order chi connectivity index (χ1) is 9.78. The highest BCUT2D eigenvalue weighted by Crippen LogP contribution is 2.12. The molecule has 0 amide bonds. The topological polar surface area (TPSA) is 34.1 Å². The molecule has 1 N–H and O–H groups in total. The third-order valence-corrected chi connectivity index (χ3v) is 3.30. The second-order valence-corrected chi connectivity index (χ2v) is 4.98. The van der Waals surface area contributed by atoms with Crippen molar-refractivity contribution in [1.29, 1.82) is 0 Å². The summed E-state index contributed by atoms with van der Waals surface area (Å²) in [7, 11) is 1.69. The molecule has 1 aromatic heterocycles. The quantitative estimate of drug-likeness (QED) is 0.840. The Morgan fingerprint density at radius 1 is 1.15 bits per heavy atom. The van der Waals surface area contributed by atoms with Crippen molar-refractivity contribution in [3.63, 3.8) is 0 Å². The monoisotopic (exact) mass is 270 g/mol. The SMILES string of the molecule is COc1ccc(CC(C)NCCc2ccccn2)cc1. The Morgan fingerprint density at radius 3 is 2.60 bits per heavy atom. The molecule has 20 heavy (non-hydrogen) atoms. The van der Waals surface area contributed by atoms with Crippen LogP contribution in [-0.4, -0.2) is 24.7 Å².